The van der Waals surface area contributed by atoms with Crippen LogP contribution >= 0.6 is 0 Å². The molecule has 0 amide bonds. The van der Waals surface area contributed by atoms with Crippen LogP contribution < -0.4 is 0 Å². The van der Waals surface area contributed by atoms with Gasteiger partial charge in [-0.2, -0.15) is 4.98 Å². The zero-order valence-electron chi connectivity index (χ0n) is 10.3. The summed E-state index contributed by atoms with van der Waals surface area (Å²) in [6, 6.07) is 7.75. The van der Waals surface area contributed by atoms with Crippen molar-refractivity contribution in [2.75, 3.05) is 13.7 Å². The minimum absolute atomic E-state index is 0.0576. The van der Waals surface area contributed by atoms with Gasteiger partial charge in [0.05, 0.1) is 6.42 Å². The van der Waals surface area contributed by atoms with Crippen LogP contribution in [0.25, 0.3) is 11.4 Å². The number of nitrogens with zero attached hydrogens (tertiary/aromatic N) is 2. The maximum absolute atomic E-state index is 11.4. The molecule has 0 N–H and O–H groups in total. The summed E-state index contributed by atoms with van der Waals surface area (Å²) in [5.41, 5.74) is 1.97. The van der Waals surface area contributed by atoms with E-state index in [0.29, 0.717) is 11.7 Å². The molecule has 0 unspecified atom stereocenters. The highest BCUT2D eigenvalue weighted by atomic mass is 16.5. The summed E-state index contributed by atoms with van der Waals surface area (Å²) in [4.78, 5) is 15.6. The predicted molar refractivity (Wildman–Crippen MR) is 65.1 cm³/mol. The minimum atomic E-state index is -0.0857. The lowest BCUT2D eigenvalue weighted by Gasteiger charge is -1.98. The van der Waals surface area contributed by atoms with E-state index in [4.69, 9.17) is 9.26 Å². The van der Waals surface area contributed by atoms with E-state index >= 15 is 0 Å². The van der Waals surface area contributed by atoms with Crippen molar-refractivity contribution in [2.24, 2.45) is 0 Å². The van der Waals surface area contributed by atoms with Crippen molar-refractivity contribution in [3.8, 4) is 11.4 Å². The number of benzene rings is 1. The van der Waals surface area contributed by atoms with Crippen LogP contribution in [-0.4, -0.2) is 29.6 Å². The molecule has 1 aromatic heterocycles. The Bertz CT molecular complexity index is 549. The zero-order chi connectivity index (χ0) is 13.0. The van der Waals surface area contributed by atoms with E-state index in [-0.39, 0.29) is 18.8 Å². The Labute approximate surface area is 105 Å². The SMILES string of the molecule is COCC(=O)Cc1nc(-c2ccccc2C)no1. The van der Waals surface area contributed by atoms with Crippen molar-refractivity contribution < 1.29 is 14.1 Å². The second-order valence-corrected chi connectivity index (χ2v) is 3.98. The summed E-state index contributed by atoms with van der Waals surface area (Å²) in [6.07, 6.45) is 0.104. The van der Waals surface area contributed by atoms with Gasteiger partial charge in [0.15, 0.2) is 5.78 Å². The van der Waals surface area contributed by atoms with E-state index in [1.807, 2.05) is 31.2 Å². The standard InChI is InChI=1S/C13H14N2O3/c1-9-5-3-4-6-11(9)13-14-12(18-15-13)7-10(16)8-17-2/h3-6H,7-8H2,1-2H3. The van der Waals surface area contributed by atoms with E-state index in [0.717, 1.165) is 11.1 Å². The van der Waals surface area contributed by atoms with Gasteiger partial charge in [-0.3, -0.25) is 4.79 Å². The van der Waals surface area contributed by atoms with Gasteiger partial charge in [0, 0.05) is 12.7 Å². The third kappa shape index (κ3) is 2.81. The van der Waals surface area contributed by atoms with Gasteiger partial charge in [-0.25, -0.2) is 0 Å². The largest absolute Gasteiger partial charge is 0.377 e. The highest BCUT2D eigenvalue weighted by Gasteiger charge is 2.13. The quantitative estimate of drug-likeness (QED) is 0.804. The van der Waals surface area contributed by atoms with Gasteiger partial charge >= 0.3 is 0 Å². The average molecular weight is 246 g/mol. The molecule has 0 atom stereocenters. The number of methoxy groups -OCH3 is 1. The molecule has 0 aliphatic carbocycles. The van der Waals surface area contributed by atoms with Crippen LogP contribution in [0.4, 0.5) is 0 Å². The van der Waals surface area contributed by atoms with Gasteiger partial charge in [0.2, 0.25) is 11.7 Å². The Hall–Kier alpha value is -2.01. The van der Waals surface area contributed by atoms with E-state index in [2.05, 4.69) is 10.1 Å². The highest BCUT2D eigenvalue weighted by Crippen LogP contribution is 2.19. The van der Waals surface area contributed by atoms with Crippen LogP contribution in [0, 0.1) is 6.92 Å². The predicted octanol–water partition coefficient (Wildman–Crippen LogP) is 1.80. The summed E-state index contributed by atoms with van der Waals surface area (Å²) in [6.45, 7) is 2.03. The molecule has 5 nitrogen and oxygen atoms in total. The maximum atomic E-state index is 11.4. The molecule has 0 saturated heterocycles. The molecular weight excluding hydrogens is 232 g/mol. The second-order valence-electron chi connectivity index (χ2n) is 3.98. The van der Waals surface area contributed by atoms with E-state index in [9.17, 15) is 4.79 Å². The van der Waals surface area contributed by atoms with E-state index in [1.165, 1.54) is 7.11 Å². The molecule has 1 aromatic carbocycles. The van der Waals surface area contributed by atoms with Crippen LogP contribution in [0.5, 0.6) is 0 Å². The first-order chi connectivity index (χ1) is 8.70. The van der Waals surface area contributed by atoms with Crippen LogP contribution in [0.2, 0.25) is 0 Å². The summed E-state index contributed by atoms with van der Waals surface area (Å²) in [5.74, 6) is 0.737. The van der Waals surface area contributed by atoms with Gasteiger partial charge in [-0.15, -0.1) is 0 Å². The van der Waals surface area contributed by atoms with Crippen LogP contribution in [-0.2, 0) is 16.0 Å². The molecule has 0 aliphatic rings. The first kappa shape index (κ1) is 12.4. The second kappa shape index (κ2) is 5.55. The Morgan fingerprint density at radius 2 is 2.17 bits per heavy atom. The third-order valence-electron chi connectivity index (χ3n) is 2.51. The van der Waals surface area contributed by atoms with Gasteiger partial charge in [-0.1, -0.05) is 29.4 Å². The molecule has 0 saturated carbocycles. The van der Waals surface area contributed by atoms with Crippen LogP contribution in [0.1, 0.15) is 11.5 Å². The first-order valence-electron chi connectivity index (χ1n) is 5.60. The highest BCUT2D eigenvalue weighted by molar-refractivity contribution is 5.81. The number of hydrogen-bond donors (Lipinski definition) is 0. The molecule has 1 heterocycles. The molecular formula is C13H14N2O3. The topological polar surface area (TPSA) is 65.2 Å². The number of ether oxygens (including phenoxy) is 1. The maximum Gasteiger partial charge on any atom is 0.234 e. The number of ketones is 1. The molecule has 2 rings (SSSR count). The van der Waals surface area contributed by atoms with Crippen molar-refractivity contribution in [3.63, 3.8) is 0 Å². The number of aryl methyl sites for hydroxylation is 1. The fourth-order valence-corrected chi connectivity index (χ4v) is 1.64. The lowest BCUT2D eigenvalue weighted by molar-refractivity contribution is -0.122. The number of aromatic nitrogens is 2. The molecule has 0 spiro atoms. The van der Waals surface area contributed by atoms with Gasteiger partial charge in [-0.05, 0) is 12.5 Å². The lowest BCUT2D eigenvalue weighted by Crippen LogP contribution is -2.09. The van der Waals surface area contributed by atoms with Gasteiger partial charge < -0.3 is 9.26 Å². The van der Waals surface area contributed by atoms with Gasteiger partial charge in [0.1, 0.15) is 6.61 Å². The Kier molecular flexibility index (Phi) is 3.84. The third-order valence-corrected chi connectivity index (χ3v) is 2.51. The molecule has 2 aromatic rings. The average Bonchev–Trinajstić information content (AvgIpc) is 2.78. The number of Topliss-reactive ketones (excluding diaryl/α,β-unsaturated/α-hetero) is 1. The summed E-state index contributed by atoms with van der Waals surface area (Å²) in [7, 11) is 1.48. The fourth-order valence-electron chi connectivity index (χ4n) is 1.64. The van der Waals surface area contributed by atoms with Gasteiger partial charge in [0.25, 0.3) is 0 Å². The normalized spacial score (nSPS) is 10.6. The molecule has 18 heavy (non-hydrogen) atoms. The smallest absolute Gasteiger partial charge is 0.234 e. The van der Waals surface area contributed by atoms with Crippen LogP contribution in [0.3, 0.4) is 0 Å². The Balaban J connectivity index is 2.16. The summed E-state index contributed by atoms with van der Waals surface area (Å²) < 4.78 is 9.80. The monoisotopic (exact) mass is 246 g/mol. The van der Waals surface area contributed by atoms with Crippen molar-refractivity contribution in [1.29, 1.82) is 0 Å². The molecule has 94 valence electrons. The van der Waals surface area contributed by atoms with Crippen molar-refractivity contribution in [2.45, 2.75) is 13.3 Å². The van der Waals surface area contributed by atoms with E-state index in [1.54, 1.807) is 0 Å². The molecule has 5 heteroatoms. The summed E-state index contributed by atoms with van der Waals surface area (Å²) >= 11 is 0. The van der Waals surface area contributed by atoms with Crippen molar-refractivity contribution >= 4 is 5.78 Å². The number of carbonyl (C=O) groups excluding carboxylic acids is 1. The number of carbonyl (C=O) groups is 1. The van der Waals surface area contributed by atoms with E-state index < -0.39 is 0 Å². The molecule has 0 fully saturated rings. The zero-order valence-corrected chi connectivity index (χ0v) is 10.3. The van der Waals surface area contributed by atoms with Crippen molar-refractivity contribution in [3.05, 3.63) is 35.7 Å². The molecule has 0 radical (unpaired) electrons. The van der Waals surface area contributed by atoms with Crippen LogP contribution in [0.15, 0.2) is 28.8 Å². The van der Waals surface area contributed by atoms with Crippen molar-refractivity contribution in [1.82, 2.24) is 10.1 Å². The number of hydrogen-bond acceptors (Lipinski definition) is 5. The first-order valence-corrected chi connectivity index (χ1v) is 5.60. The minimum Gasteiger partial charge on any atom is -0.377 e. The molecule has 0 aliphatic heterocycles. The lowest BCUT2D eigenvalue weighted by atomic mass is 10.1. The summed E-state index contributed by atoms with van der Waals surface area (Å²) in [5, 5.41) is 3.88. The number of rotatable bonds is 5. The fraction of sp³-hybridized carbons (Fsp3) is 0.308. The molecule has 0 bridgehead atoms. The Morgan fingerprint density at radius 3 is 2.89 bits per heavy atom. The Morgan fingerprint density at radius 1 is 1.39 bits per heavy atom.